The summed E-state index contributed by atoms with van der Waals surface area (Å²) in [5.41, 5.74) is 0.340. The van der Waals surface area contributed by atoms with Crippen molar-refractivity contribution in [1.29, 1.82) is 0 Å². The molecule has 0 bridgehead atoms. The molecule has 1 aromatic rings. The molecule has 1 aromatic carbocycles. The Kier molecular flexibility index (Phi) is 4.86. The van der Waals surface area contributed by atoms with E-state index in [0.717, 1.165) is 19.6 Å². The molecule has 1 atom stereocenters. The van der Waals surface area contributed by atoms with E-state index in [2.05, 4.69) is 11.8 Å². The van der Waals surface area contributed by atoms with Crippen LogP contribution in [0.1, 0.15) is 12.0 Å². The quantitative estimate of drug-likeness (QED) is 0.620. The zero-order valence-corrected chi connectivity index (χ0v) is 10.7. The Hall–Kier alpha value is -1.24. The van der Waals surface area contributed by atoms with E-state index in [9.17, 15) is 4.39 Å². The summed E-state index contributed by atoms with van der Waals surface area (Å²) < 4.78 is 24.4. The highest BCUT2D eigenvalue weighted by Crippen LogP contribution is 2.19. The number of benzene rings is 1. The fourth-order valence-corrected chi connectivity index (χ4v) is 1.81. The number of hydrogen-bond acceptors (Lipinski definition) is 2. The molecule has 4 heteroatoms. The lowest BCUT2D eigenvalue weighted by Crippen LogP contribution is -2.11. The van der Waals surface area contributed by atoms with Gasteiger partial charge in [0.05, 0.1) is 24.7 Å². The van der Waals surface area contributed by atoms with Gasteiger partial charge < -0.3 is 9.47 Å². The van der Waals surface area contributed by atoms with Gasteiger partial charge in [-0.3, -0.25) is 0 Å². The smallest absolute Gasteiger partial charge is 0.142 e. The third-order valence-electron chi connectivity index (χ3n) is 2.74. The van der Waals surface area contributed by atoms with E-state index in [1.807, 2.05) is 0 Å². The lowest BCUT2D eigenvalue weighted by molar-refractivity contribution is 0.167. The lowest BCUT2D eigenvalue weighted by atomic mass is 10.1. The highest BCUT2D eigenvalue weighted by atomic mass is 35.5. The predicted molar refractivity (Wildman–Crippen MR) is 68.4 cm³/mol. The molecule has 0 saturated carbocycles. The number of alkyl halides is 1. The molecular weight excluding hydrogens is 255 g/mol. The zero-order valence-electron chi connectivity index (χ0n) is 9.92. The SMILES string of the molecule is Fc1cc(OCC2CCOC2)ccc1C#CCCl. The van der Waals surface area contributed by atoms with Gasteiger partial charge in [0.25, 0.3) is 0 Å². The third kappa shape index (κ3) is 3.63. The Balaban J connectivity index is 1.95. The van der Waals surface area contributed by atoms with Crippen LogP contribution in [0.2, 0.25) is 0 Å². The first kappa shape index (κ1) is 13.2. The largest absolute Gasteiger partial charge is 0.493 e. The van der Waals surface area contributed by atoms with E-state index in [1.165, 1.54) is 6.07 Å². The Morgan fingerprint density at radius 1 is 1.50 bits per heavy atom. The van der Waals surface area contributed by atoms with Crippen LogP contribution in [-0.2, 0) is 4.74 Å². The molecule has 0 aromatic heterocycles. The monoisotopic (exact) mass is 268 g/mol. The van der Waals surface area contributed by atoms with Crippen molar-refractivity contribution in [2.75, 3.05) is 25.7 Å². The van der Waals surface area contributed by atoms with Gasteiger partial charge in [-0.15, -0.1) is 11.6 Å². The van der Waals surface area contributed by atoms with Gasteiger partial charge in [0.1, 0.15) is 11.6 Å². The minimum absolute atomic E-state index is 0.194. The number of hydrogen-bond donors (Lipinski definition) is 0. The van der Waals surface area contributed by atoms with Crippen LogP contribution < -0.4 is 4.74 Å². The summed E-state index contributed by atoms with van der Waals surface area (Å²) >= 11 is 5.42. The summed E-state index contributed by atoms with van der Waals surface area (Å²) in [6.07, 6.45) is 1.00. The van der Waals surface area contributed by atoms with Gasteiger partial charge in [-0.25, -0.2) is 4.39 Å². The third-order valence-corrected chi connectivity index (χ3v) is 2.87. The molecule has 0 aliphatic carbocycles. The normalized spacial score (nSPS) is 18.2. The van der Waals surface area contributed by atoms with Crippen LogP contribution in [0.15, 0.2) is 18.2 Å². The minimum atomic E-state index is -0.382. The number of rotatable bonds is 3. The Bertz CT molecular complexity index is 459. The van der Waals surface area contributed by atoms with Crippen molar-refractivity contribution < 1.29 is 13.9 Å². The molecule has 1 unspecified atom stereocenters. The molecule has 18 heavy (non-hydrogen) atoms. The summed E-state index contributed by atoms with van der Waals surface area (Å²) in [5.74, 6) is 6.02. The predicted octanol–water partition coefficient (Wildman–Crippen LogP) is 2.83. The standard InChI is InChI=1S/C14H14ClFO2/c15-6-1-2-12-3-4-13(8-14(12)16)18-10-11-5-7-17-9-11/h3-4,8,11H,5-7,9-10H2. The Morgan fingerprint density at radius 2 is 2.39 bits per heavy atom. The van der Waals surface area contributed by atoms with Gasteiger partial charge in [-0.05, 0) is 18.6 Å². The molecule has 1 aliphatic rings. The van der Waals surface area contributed by atoms with Crippen LogP contribution in [0.3, 0.4) is 0 Å². The summed E-state index contributed by atoms with van der Waals surface area (Å²) in [5, 5.41) is 0. The minimum Gasteiger partial charge on any atom is -0.493 e. The van der Waals surface area contributed by atoms with E-state index >= 15 is 0 Å². The van der Waals surface area contributed by atoms with E-state index < -0.39 is 0 Å². The highest BCUT2D eigenvalue weighted by molar-refractivity contribution is 6.19. The maximum atomic E-state index is 13.6. The molecule has 0 N–H and O–H groups in total. The van der Waals surface area contributed by atoms with Gasteiger partial charge in [-0.1, -0.05) is 11.8 Å². The molecule has 1 heterocycles. The van der Waals surface area contributed by atoms with Crippen molar-refractivity contribution in [3.05, 3.63) is 29.6 Å². The van der Waals surface area contributed by atoms with Gasteiger partial charge in [0.15, 0.2) is 0 Å². The first-order valence-corrected chi connectivity index (χ1v) is 6.38. The number of halogens is 2. The number of ether oxygens (including phenoxy) is 2. The lowest BCUT2D eigenvalue weighted by Gasteiger charge is -2.10. The molecule has 0 radical (unpaired) electrons. The summed E-state index contributed by atoms with van der Waals surface area (Å²) in [4.78, 5) is 0. The van der Waals surface area contributed by atoms with Crippen LogP contribution >= 0.6 is 11.6 Å². The summed E-state index contributed by atoms with van der Waals surface area (Å²) in [6, 6.07) is 4.68. The summed E-state index contributed by atoms with van der Waals surface area (Å²) in [6.45, 7) is 2.07. The Morgan fingerprint density at radius 3 is 3.06 bits per heavy atom. The molecule has 2 rings (SSSR count). The molecule has 1 aliphatic heterocycles. The second-order valence-electron chi connectivity index (χ2n) is 4.12. The second-order valence-corrected chi connectivity index (χ2v) is 4.38. The van der Waals surface area contributed by atoms with Crippen molar-refractivity contribution in [2.45, 2.75) is 6.42 Å². The van der Waals surface area contributed by atoms with Crippen molar-refractivity contribution in [3.63, 3.8) is 0 Å². The molecule has 2 nitrogen and oxygen atoms in total. The van der Waals surface area contributed by atoms with E-state index in [4.69, 9.17) is 21.1 Å². The maximum absolute atomic E-state index is 13.6. The van der Waals surface area contributed by atoms with Crippen LogP contribution in [-0.4, -0.2) is 25.7 Å². The molecule has 96 valence electrons. The van der Waals surface area contributed by atoms with E-state index in [0.29, 0.717) is 23.8 Å². The van der Waals surface area contributed by atoms with Crippen LogP contribution in [0.4, 0.5) is 4.39 Å². The first-order chi connectivity index (χ1) is 8.79. The average Bonchev–Trinajstić information content (AvgIpc) is 2.88. The van der Waals surface area contributed by atoms with Crippen molar-refractivity contribution in [2.24, 2.45) is 5.92 Å². The maximum Gasteiger partial charge on any atom is 0.142 e. The highest BCUT2D eigenvalue weighted by Gasteiger charge is 2.16. The topological polar surface area (TPSA) is 18.5 Å². The fraction of sp³-hybridized carbons (Fsp3) is 0.429. The molecule has 1 saturated heterocycles. The summed E-state index contributed by atoms with van der Waals surface area (Å²) in [7, 11) is 0. The molecular formula is C14H14ClFO2. The molecule has 1 fully saturated rings. The van der Waals surface area contributed by atoms with Gasteiger partial charge in [-0.2, -0.15) is 0 Å². The zero-order chi connectivity index (χ0) is 12.8. The first-order valence-electron chi connectivity index (χ1n) is 5.84. The van der Waals surface area contributed by atoms with Gasteiger partial charge >= 0.3 is 0 Å². The van der Waals surface area contributed by atoms with Crippen LogP contribution in [0, 0.1) is 23.6 Å². The van der Waals surface area contributed by atoms with Gasteiger partial charge in [0.2, 0.25) is 0 Å². The van der Waals surface area contributed by atoms with Crippen molar-refractivity contribution in [1.82, 2.24) is 0 Å². The van der Waals surface area contributed by atoms with Crippen molar-refractivity contribution in [3.8, 4) is 17.6 Å². The molecule has 0 amide bonds. The van der Waals surface area contributed by atoms with E-state index in [-0.39, 0.29) is 11.7 Å². The van der Waals surface area contributed by atoms with E-state index in [1.54, 1.807) is 12.1 Å². The average molecular weight is 269 g/mol. The van der Waals surface area contributed by atoms with Crippen LogP contribution in [0.25, 0.3) is 0 Å². The van der Waals surface area contributed by atoms with Gasteiger partial charge in [0, 0.05) is 18.6 Å². The Labute approximate surface area is 111 Å². The molecule has 0 spiro atoms. The van der Waals surface area contributed by atoms with Crippen molar-refractivity contribution >= 4 is 11.6 Å². The fourth-order valence-electron chi connectivity index (χ4n) is 1.74. The second kappa shape index (κ2) is 6.63. The van der Waals surface area contributed by atoms with Crippen LogP contribution in [0.5, 0.6) is 5.75 Å².